The van der Waals surface area contributed by atoms with Crippen molar-refractivity contribution in [2.45, 2.75) is 77.3 Å². The number of amides is 1. The highest BCUT2D eigenvalue weighted by Crippen LogP contribution is 2.29. The average molecular weight is 323 g/mol. The summed E-state index contributed by atoms with van der Waals surface area (Å²) in [6.45, 7) is 7.58. The van der Waals surface area contributed by atoms with Crippen molar-refractivity contribution in [3.8, 4) is 0 Å². The Labute approximate surface area is 136 Å². The lowest BCUT2D eigenvalue weighted by atomic mass is 9.96. The van der Waals surface area contributed by atoms with Crippen molar-refractivity contribution in [3.05, 3.63) is 11.7 Å². The Morgan fingerprint density at radius 2 is 2.04 bits per heavy atom. The predicted molar refractivity (Wildman–Crippen MR) is 82.9 cm³/mol. The van der Waals surface area contributed by atoms with Gasteiger partial charge in [-0.1, -0.05) is 25.9 Å². The lowest BCUT2D eigenvalue weighted by molar-refractivity contribution is -0.150. The van der Waals surface area contributed by atoms with Gasteiger partial charge in [-0.3, -0.25) is 4.79 Å². The van der Waals surface area contributed by atoms with E-state index >= 15 is 0 Å². The molecule has 1 fully saturated rings. The van der Waals surface area contributed by atoms with E-state index in [-0.39, 0.29) is 17.4 Å². The first kappa shape index (κ1) is 17.4. The molecule has 1 aliphatic carbocycles. The van der Waals surface area contributed by atoms with Gasteiger partial charge in [0.05, 0.1) is 0 Å². The van der Waals surface area contributed by atoms with Gasteiger partial charge in [0, 0.05) is 24.3 Å². The van der Waals surface area contributed by atoms with E-state index in [0.29, 0.717) is 31.0 Å². The minimum atomic E-state index is -0.961. The van der Waals surface area contributed by atoms with Crippen LogP contribution in [-0.2, 0) is 21.4 Å². The number of carbonyl (C=O) groups is 2. The van der Waals surface area contributed by atoms with E-state index in [4.69, 9.17) is 9.63 Å². The third-order valence-electron chi connectivity index (χ3n) is 3.92. The average Bonchev–Trinajstić information content (AvgIpc) is 3.14. The first-order chi connectivity index (χ1) is 10.7. The predicted octanol–water partition coefficient (Wildman–Crippen LogP) is 2.15. The van der Waals surface area contributed by atoms with Gasteiger partial charge in [-0.15, -0.1) is 0 Å². The molecular formula is C16H25N3O4. The van der Waals surface area contributed by atoms with Gasteiger partial charge in [-0.2, -0.15) is 4.98 Å². The fraction of sp³-hybridized carbons (Fsp3) is 0.750. The van der Waals surface area contributed by atoms with Gasteiger partial charge in [0.15, 0.2) is 5.82 Å². The Balaban J connectivity index is 1.86. The summed E-state index contributed by atoms with van der Waals surface area (Å²) in [4.78, 5) is 29.3. The van der Waals surface area contributed by atoms with Crippen LogP contribution in [0, 0.1) is 0 Å². The molecule has 1 aromatic heterocycles. The van der Waals surface area contributed by atoms with Crippen molar-refractivity contribution in [2.24, 2.45) is 0 Å². The lowest BCUT2D eigenvalue weighted by Gasteiger charge is -2.26. The summed E-state index contributed by atoms with van der Waals surface area (Å²) >= 11 is 0. The van der Waals surface area contributed by atoms with E-state index in [9.17, 15) is 9.59 Å². The number of carbonyl (C=O) groups excluding carboxylic acids is 1. The molecule has 0 bridgehead atoms. The van der Waals surface area contributed by atoms with Crippen LogP contribution < -0.4 is 0 Å². The van der Waals surface area contributed by atoms with Crippen LogP contribution in [0.4, 0.5) is 0 Å². The smallest absolute Gasteiger partial charge is 0.326 e. The molecule has 7 heteroatoms. The van der Waals surface area contributed by atoms with Crippen LogP contribution in [0.3, 0.4) is 0 Å². The molecule has 1 heterocycles. The Kier molecular flexibility index (Phi) is 5.06. The summed E-state index contributed by atoms with van der Waals surface area (Å²) in [5.74, 6) is 0.0971. The van der Waals surface area contributed by atoms with Gasteiger partial charge in [0.2, 0.25) is 11.8 Å². The van der Waals surface area contributed by atoms with Crippen LogP contribution >= 0.6 is 0 Å². The van der Waals surface area contributed by atoms with Crippen molar-refractivity contribution >= 4 is 11.9 Å². The molecule has 1 aromatic rings. The van der Waals surface area contributed by atoms with Gasteiger partial charge in [0.25, 0.3) is 0 Å². The van der Waals surface area contributed by atoms with E-state index in [1.165, 1.54) is 4.90 Å². The Morgan fingerprint density at radius 1 is 1.39 bits per heavy atom. The molecule has 0 aliphatic heterocycles. The SMILES string of the molecule is CC(C(=O)O)N(C(=O)CCCc1nc(C(C)(C)C)no1)C1CC1. The van der Waals surface area contributed by atoms with Crippen molar-refractivity contribution in [3.63, 3.8) is 0 Å². The number of hydrogen-bond acceptors (Lipinski definition) is 5. The van der Waals surface area contributed by atoms with E-state index in [2.05, 4.69) is 10.1 Å². The molecule has 1 unspecified atom stereocenters. The molecule has 0 saturated heterocycles. The second-order valence-corrected chi connectivity index (χ2v) is 7.16. The van der Waals surface area contributed by atoms with Crippen LogP contribution in [0.2, 0.25) is 0 Å². The van der Waals surface area contributed by atoms with Crippen LogP contribution in [0.25, 0.3) is 0 Å². The van der Waals surface area contributed by atoms with E-state index in [1.807, 2.05) is 20.8 Å². The van der Waals surface area contributed by atoms with Crippen LogP contribution in [0.15, 0.2) is 4.52 Å². The standard InChI is InChI=1S/C16H25N3O4/c1-10(14(21)22)19(11-8-9-11)13(20)7-5-6-12-17-15(18-23-12)16(2,3)4/h10-11H,5-9H2,1-4H3,(H,21,22). The molecule has 128 valence electrons. The molecule has 0 aromatic carbocycles. The van der Waals surface area contributed by atoms with Crippen molar-refractivity contribution in [2.75, 3.05) is 0 Å². The molecule has 1 saturated carbocycles. The molecule has 1 amide bonds. The van der Waals surface area contributed by atoms with Gasteiger partial charge < -0.3 is 14.5 Å². The highest BCUT2D eigenvalue weighted by molar-refractivity contribution is 5.83. The topological polar surface area (TPSA) is 96.5 Å². The number of aryl methyl sites for hydroxylation is 1. The third-order valence-corrected chi connectivity index (χ3v) is 3.92. The fourth-order valence-electron chi connectivity index (χ4n) is 2.39. The van der Waals surface area contributed by atoms with Crippen molar-refractivity contribution in [1.29, 1.82) is 0 Å². The zero-order valence-corrected chi connectivity index (χ0v) is 14.2. The normalized spacial score (nSPS) is 16.2. The molecule has 0 radical (unpaired) electrons. The summed E-state index contributed by atoms with van der Waals surface area (Å²) in [6, 6.07) is -0.685. The fourth-order valence-corrected chi connectivity index (χ4v) is 2.39. The summed E-state index contributed by atoms with van der Waals surface area (Å²) in [6.07, 6.45) is 3.17. The van der Waals surface area contributed by atoms with E-state index in [1.54, 1.807) is 6.92 Å². The monoisotopic (exact) mass is 323 g/mol. The minimum absolute atomic E-state index is 0.0875. The minimum Gasteiger partial charge on any atom is -0.480 e. The van der Waals surface area contributed by atoms with E-state index < -0.39 is 12.0 Å². The van der Waals surface area contributed by atoms with Gasteiger partial charge in [0.1, 0.15) is 6.04 Å². The maximum absolute atomic E-state index is 12.3. The quantitative estimate of drug-likeness (QED) is 0.826. The van der Waals surface area contributed by atoms with Crippen LogP contribution in [0.1, 0.15) is 65.1 Å². The van der Waals surface area contributed by atoms with Crippen LogP contribution in [0.5, 0.6) is 0 Å². The maximum atomic E-state index is 12.3. The number of carboxylic acid groups (broad SMARTS) is 1. The second kappa shape index (κ2) is 6.68. The second-order valence-electron chi connectivity index (χ2n) is 7.16. The molecule has 1 aliphatic rings. The number of hydrogen-bond donors (Lipinski definition) is 1. The molecule has 7 nitrogen and oxygen atoms in total. The number of rotatable bonds is 7. The van der Waals surface area contributed by atoms with E-state index in [0.717, 1.165) is 12.8 Å². The molecule has 1 N–H and O–H groups in total. The lowest BCUT2D eigenvalue weighted by Crippen LogP contribution is -2.44. The first-order valence-electron chi connectivity index (χ1n) is 8.07. The Hall–Kier alpha value is -1.92. The number of aliphatic carboxylic acids is 1. The van der Waals surface area contributed by atoms with Crippen molar-refractivity contribution < 1.29 is 19.2 Å². The van der Waals surface area contributed by atoms with Crippen LogP contribution in [-0.4, -0.2) is 44.1 Å². The summed E-state index contributed by atoms with van der Waals surface area (Å²) in [5, 5.41) is 13.1. The van der Waals surface area contributed by atoms with Crippen molar-refractivity contribution in [1.82, 2.24) is 15.0 Å². The third kappa shape index (κ3) is 4.53. The van der Waals surface area contributed by atoms with Gasteiger partial charge in [-0.25, -0.2) is 4.79 Å². The van der Waals surface area contributed by atoms with Gasteiger partial charge in [-0.05, 0) is 26.2 Å². The molecular weight excluding hydrogens is 298 g/mol. The summed E-state index contributed by atoms with van der Waals surface area (Å²) in [5.41, 5.74) is -0.169. The number of nitrogens with zero attached hydrogens (tertiary/aromatic N) is 3. The molecule has 1 atom stereocenters. The first-order valence-corrected chi connectivity index (χ1v) is 8.07. The highest BCUT2D eigenvalue weighted by atomic mass is 16.5. The Bertz CT molecular complexity index is 572. The Morgan fingerprint density at radius 3 is 2.52 bits per heavy atom. The zero-order valence-electron chi connectivity index (χ0n) is 14.2. The zero-order chi connectivity index (χ0) is 17.2. The molecule has 23 heavy (non-hydrogen) atoms. The highest BCUT2D eigenvalue weighted by Gasteiger charge is 2.37. The largest absolute Gasteiger partial charge is 0.480 e. The molecule has 0 spiro atoms. The number of carboxylic acids is 1. The summed E-state index contributed by atoms with van der Waals surface area (Å²) in [7, 11) is 0. The number of aromatic nitrogens is 2. The van der Waals surface area contributed by atoms with Gasteiger partial charge >= 0.3 is 5.97 Å². The molecule has 2 rings (SSSR count). The maximum Gasteiger partial charge on any atom is 0.326 e. The summed E-state index contributed by atoms with van der Waals surface area (Å²) < 4.78 is 5.20.